The Labute approximate surface area is 153 Å². The molecule has 2 saturated heterocycles. The van der Waals surface area contributed by atoms with E-state index in [2.05, 4.69) is 0 Å². The molecule has 2 heterocycles. The van der Waals surface area contributed by atoms with Gasteiger partial charge in [-0.15, -0.1) is 0 Å². The number of carboxylic acids is 1. The third-order valence-corrected chi connectivity index (χ3v) is 5.42. The topological polar surface area (TPSA) is 77.9 Å². The fourth-order valence-corrected chi connectivity index (χ4v) is 3.86. The maximum absolute atomic E-state index is 12.6. The minimum Gasteiger partial charge on any atom is -0.478 e. The number of aromatic carboxylic acids is 1. The molecule has 1 atom stereocenters. The molecule has 2 aliphatic heterocycles. The zero-order valence-corrected chi connectivity index (χ0v) is 15.0. The summed E-state index contributed by atoms with van der Waals surface area (Å²) >= 11 is 0. The van der Waals surface area contributed by atoms with Crippen molar-refractivity contribution >= 4 is 17.8 Å². The largest absolute Gasteiger partial charge is 0.478 e. The molecule has 0 saturated carbocycles. The fourth-order valence-electron chi connectivity index (χ4n) is 3.86. The Bertz CT molecular complexity index is 671. The molecule has 26 heavy (non-hydrogen) atoms. The van der Waals surface area contributed by atoms with Crippen LogP contribution in [0.5, 0.6) is 0 Å². The van der Waals surface area contributed by atoms with Gasteiger partial charge in [0, 0.05) is 44.9 Å². The van der Waals surface area contributed by atoms with Gasteiger partial charge in [0.1, 0.15) is 0 Å². The minimum atomic E-state index is -0.927. The third kappa shape index (κ3) is 4.42. The van der Waals surface area contributed by atoms with Crippen molar-refractivity contribution in [1.82, 2.24) is 9.80 Å². The van der Waals surface area contributed by atoms with Crippen molar-refractivity contribution in [1.29, 1.82) is 0 Å². The van der Waals surface area contributed by atoms with Crippen LogP contribution in [0.3, 0.4) is 0 Å². The number of amides is 2. The Morgan fingerprint density at radius 3 is 2.54 bits per heavy atom. The van der Waals surface area contributed by atoms with E-state index in [1.54, 1.807) is 12.1 Å². The van der Waals surface area contributed by atoms with E-state index in [-0.39, 0.29) is 23.3 Å². The molecule has 140 valence electrons. The summed E-state index contributed by atoms with van der Waals surface area (Å²) in [5.74, 6) is -0.411. The van der Waals surface area contributed by atoms with Gasteiger partial charge >= 0.3 is 5.97 Å². The van der Waals surface area contributed by atoms with Crippen LogP contribution >= 0.6 is 0 Å². The Morgan fingerprint density at radius 2 is 1.85 bits per heavy atom. The molecule has 2 aliphatic rings. The summed E-state index contributed by atoms with van der Waals surface area (Å²) < 4.78 is 0. The highest BCUT2D eigenvalue weighted by atomic mass is 16.4. The number of carboxylic acid groups (broad SMARTS) is 1. The highest BCUT2D eigenvalue weighted by Crippen LogP contribution is 2.27. The number of nitrogens with zero attached hydrogens (tertiary/aromatic N) is 2. The number of hydrogen-bond acceptors (Lipinski definition) is 3. The maximum Gasteiger partial charge on any atom is 0.335 e. The monoisotopic (exact) mass is 358 g/mol. The Balaban J connectivity index is 1.54. The molecule has 0 unspecified atom stereocenters. The van der Waals surface area contributed by atoms with Gasteiger partial charge < -0.3 is 14.9 Å². The van der Waals surface area contributed by atoms with E-state index >= 15 is 0 Å². The van der Waals surface area contributed by atoms with Crippen molar-refractivity contribution in [3.8, 4) is 0 Å². The molecular weight excluding hydrogens is 332 g/mol. The van der Waals surface area contributed by atoms with E-state index in [1.165, 1.54) is 0 Å². The van der Waals surface area contributed by atoms with E-state index in [0.717, 1.165) is 44.3 Å². The summed E-state index contributed by atoms with van der Waals surface area (Å²) in [5, 5.41) is 9.01. The lowest BCUT2D eigenvalue weighted by Crippen LogP contribution is -2.42. The second-order valence-electron chi connectivity index (χ2n) is 7.19. The van der Waals surface area contributed by atoms with Crippen molar-refractivity contribution in [2.45, 2.75) is 44.4 Å². The molecule has 1 N–H and O–H groups in total. The molecule has 0 aliphatic carbocycles. The molecule has 3 rings (SSSR count). The molecule has 0 bridgehead atoms. The molecular formula is C20H26N2O4. The van der Waals surface area contributed by atoms with Crippen LogP contribution in [0.2, 0.25) is 0 Å². The Morgan fingerprint density at radius 1 is 1.08 bits per heavy atom. The molecule has 6 heteroatoms. The normalized spacial score (nSPS) is 20.9. The van der Waals surface area contributed by atoms with Crippen LogP contribution in [0.15, 0.2) is 24.3 Å². The summed E-state index contributed by atoms with van der Waals surface area (Å²) in [6, 6.07) is 6.96. The fraction of sp³-hybridized carbons (Fsp3) is 0.550. The molecule has 1 aromatic rings. The lowest BCUT2D eigenvalue weighted by molar-refractivity contribution is -0.136. The highest BCUT2D eigenvalue weighted by Gasteiger charge is 2.26. The molecule has 0 aromatic heterocycles. The molecule has 2 fully saturated rings. The molecule has 0 spiro atoms. The summed E-state index contributed by atoms with van der Waals surface area (Å²) in [6.07, 6.45) is 4.92. The van der Waals surface area contributed by atoms with Crippen LogP contribution in [0.25, 0.3) is 0 Å². The average Bonchev–Trinajstić information content (AvgIpc) is 2.67. The van der Waals surface area contributed by atoms with Crippen molar-refractivity contribution in [3.05, 3.63) is 35.4 Å². The molecule has 0 radical (unpaired) electrons. The van der Waals surface area contributed by atoms with Crippen LogP contribution in [-0.2, 0) is 9.59 Å². The smallest absolute Gasteiger partial charge is 0.335 e. The summed E-state index contributed by atoms with van der Waals surface area (Å²) in [6.45, 7) is 2.71. The number of carbonyl (C=O) groups excluding carboxylic acids is 2. The first-order valence-electron chi connectivity index (χ1n) is 9.43. The standard InChI is InChI=1S/C20H26N2O4/c23-18-5-1-2-11-21(18)13-10-19(24)22-12-3-4-17(14-22)15-6-8-16(9-7-15)20(25)26/h6-9,17H,1-5,10-14H2,(H,25,26)/t17-/m0/s1. The van der Waals surface area contributed by atoms with E-state index < -0.39 is 5.97 Å². The van der Waals surface area contributed by atoms with Crippen molar-refractivity contribution in [2.75, 3.05) is 26.2 Å². The molecule has 6 nitrogen and oxygen atoms in total. The summed E-state index contributed by atoms with van der Waals surface area (Å²) in [7, 11) is 0. The van der Waals surface area contributed by atoms with Crippen LogP contribution in [0.1, 0.15) is 60.4 Å². The van der Waals surface area contributed by atoms with Gasteiger partial charge in [0.2, 0.25) is 11.8 Å². The number of rotatable bonds is 5. The Hall–Kier alpha value is -2.37. The molecule has 2 amide bonds. The number of likely N-dealkylation sites (tertiary alicyclic amines) is 2. The number of carbonyl (C=O) groups is 3. The predicted octanol–water partition coefficient (Wildman–Crippen LogP) is 2.49. The van der Waals surface area contributed by atoms with Crippen LogP contribution in [-0.4, -0.2) is 58.9 Å². The SMILES string of the molecule is O=C(O)c1ccc([C@H]2CCCN(C(=O)CCN3CCCCC3=O)C2)cc1. The van der Waals surface area contributed by atoms with Gasteiger partial charge in [0.15, 0.2) is 0 Å². The summed E-state index contributed by atoms with van der Waals surface area (Å²) in [5.41, 5.74) is 1.36. The van der Waals surface area contributed by atoms with Crippen molar-refractivity contribution < 1.29 is 19.5 Å². The third-order valence-electron chi connectivity index (χ3n) is 5.42. The van der Waals surface area contributed by atoms with Gasteiger partial charge in [-0.3, -0.25) is 9.59 Å². The van der Waals surface area contributed by atoms with Gasteiger partial charge in [-0.1, -0.05) is 12.1 Å². The highest BCUT2D eigenvalue weighted by molar-refractivity contribution is 5.87. The first-order valence-corrected chi connectivity index (χ1v) is 9.43. The Kier molecular flexibility index (Phi) is 5.91. The average molecular weight is 358 g/mol. The van der Waals surface area contributed by atoms with E-state index in [4.69, 9.17) is 5.11 Å². The van der Waals surface area contributed by atoms with Crippen LogP contribution in [0.4, 0.5) is 0 Å². The predicted molar refractivity (Wildman–Crippen MR) is 97.0 cm³/mol. The molecule has 1 aromatic carbocycles. The maximum atomic E-state index is 12.6. The summed E-state index contributed by atoms with van der Waals surface area (Å²) in [4.78, 5) is 39.1. The van der Waals surface area contributed by atoms with Crippen LogP contribution in [0, 0.1) is 0 Å². The zero-order chi connectivity index (χ0) is 18.5. The van der Waals surface area contributed by atoms with Gasteiger partial charge in [0.05, 0.1) is 5.56 Å². The van der Waals surface area contributed by atoms with Crippen LogP contribution < -0.4 is 0 Å². The van der Waals surface area contributed by atoms with Gasteiger partial charge in [-0.2, -0.15) is 0 Å². The van der Waals surface area contributed by atoms with E-state index in [1.807, 2.05) is 21.9 Å². The quantitative estimate of drug-likeness (QED) is 0.877. The van der Waals surface area contributed by atoms with Gasteiger partial charge in [-0.25, -0.2) is 4.79 Å². The van der Waals surface area contributed by atoms with Crippen molar-refractivity contribution in [2.24, 2.45) is 0 Å². The second kappa shape index (κ2) is 8.34. The van der Waals surface area contributed by atoms with Gasteiger partial charge in [-0.05, 0) is 43.4 Å². The first-order chi connectivity index (χ1) is 12.5. The lowest BCUT2D eigenvalue weighted by atomic mass is 9.90. The first kappa shape index (κ1) is 18.4. The number of hydrogen-bond donors (Lipinski definition) is 1. The number of piperidine rings is 2. The zero-order valence-electron chi connectivity index (χ0n) is 15.0. The van der Waals surface area contributed by atoms with Crippen molar-refractivity contribution in [3.63, 3.8) is 0 Å². The lowest BCUT2D eigenvalue weighted by Gasteiger charge is -2.34. The number of benzene rings is 1. The minimum absolute atomic E-state index is 0.107. The van der Waals surface area contributed by atoms with E-state index in [0.29, 0.717) is 25.9 Å². The van der Waals surface area contributed by atoms with Gasteiger partial charge in [0.25, 0.3) is 0 Å². The van der Waals surface area contributed by atoms with E-state index in [9.17, 15) is 14.4 Å². The second-order valence-corrected chi connectivity index (χ2v) is 7.19.